The fraction of sp³-hybridized carbons (Fsp3) is 0.647. The van der Waals surface area contributed by atoms with Crippen molar-refractivity contribution in [1.82, 2.24) is 0 Å². The quantitative estimate of drug-likeness (QED) is 0.834. The Morgan fingerprint density at radius 1 is 1.25 bits per heavy atom. The number of halogens is 1. The van der Waals surface area contributed by atoms with Crippen LogP contribution in [0.5, 0.6) is 0 Å². The van der Waals surface area contributed by atoms with E-state index in [0.29, 0.717) is 12.3 Å². The summed E-state index contributed by atoms with van der Waals surface area (Å²) < 4.78 is 6.32. The highest BCUT2D eigenvalue weighted by molar-refractivity contribution is 6.30. The molecule has 0 unspecified atom stereocenters. The summed E-state index contributed by atoms with van der Waals surface area (Å²) in [5.41, 5.74) is 0.485. The summed E-state index contributed by atoms with van der Waals surface area (Å²) in [7, 11) is 0. The van der Waals surface area contributed by atoms with Crippen LogP contribution in [0.25, 0.3) is 0 Å². The number of rotatable bonds is 1. The minimum absolute atomic E-state index is 0.0196. The van der Waals surface area contributed by atoms with Crippen LogP contribution in [0.15, 0.2) is 24.3 Å². The average molecular weight is 295 g/mol. The van der Waals surface area contributed by atoms with Gasteiger partial charge in [-0.2, -0.15) is 0 Å². The third-order valence-corrected chi connectivity index (χ3v) is 5.28. The summed E-state index contributed by atoms with van der Waals surface area (Å²) in [6.07, 6.45) is 4.17. The van der Waals surface area contributed by atoms with Crippen LogP contribution in [0.3, 0.4) is 0 Å². The van der Waals surface area contributed by atoms with Crippen molar-refractivity contribution in [2.45, 2.75) is 57.3 Å². The molecule has 3 rings (SSSR count). The second-order valence-corrected chi connectivity index (χ2v) is 7.24. The highest BCUT2D eigenvalue weighted by Gasteiger charge is 2.47. The van der Waals surface area contributed by atoms with Crippen molar-refractivity contribution in [1.29, 1.82) is 0 Å². The minimum Gasteiger partial charge on any atom is -0.390 e. The van der Waals surface area contributed by atoms with Crippen LogP contribution in [-0.2, 0) is 4.74 Å². The first-order valence-corrected chi connectivity index (χ1v) is 7.97. The number of fused-ring (bicyclic) bond motifs is 1. The highest BCUT2D eigenvalue weighted by Crippen LogP contribution is 2.47. The van der Waals surface area contributed by atoms with E-state index >= 15 is 0 Å². The van der Waals surface area contributed by atoms with E-state index in [4.69, 9.17) is 16.3 Å². The summed E-state index contributed by atoms with van der Waals surface area (Å²) >= 11 is 5.95. The topological polar surface area (TPSA) is 29.5 Å². The fourth-order valence-electron chi connectivity index (χ4n) is 3.85. The van der Waals surface area contributed by atoms with Crippen molar-refractivity contribution in [3.05, 3.63) is 34.9 Å². The molecule has 2 fully saturated rings. The lowest BCUT2D eigenvalue weighted by Gasteiger charge is -2.49. The largest absolute Gasteiger partial charge is 0.390 e. The molecule has 0 radical (unpaired) electrons. The third-order valence-electron chi connectivity index (χ3n) is 5.03. The smallest absolute Gasteiger partial charge is 0.0856 e. The molecule has 2 nitrogen and oxygen atoms in total. The molecule has 5 atom stereocenters. The van der Waals surface area contributed by atoms with Crippen molar-refractivity contribution in [3.63, 3.8) is 0 Å². The number of ether oxygens (including phenoxy) is 1. The van der Waals surface area contributed by atoms with Gasteiger partial charge in [-0.15, -0.1) is 0 Å². The maximum Gasteiger partial charge on any atom is 0.0856 e. The SMILES string of the molecule is C[C@@H]1CC[C@@H]2[C@@H](C1)O[C@@H](c1ccc(Cl)cc1)C[C@@]2(C)O. The number of aliphatic hydroxyl groups is 1. The molecule has 1 aliphatic carbocycles. The van der Waals surface area contributed by atoms with Gasteiger partial charge < -0.3 is 9.84 Å². The van der Waals surface area contributed by atoms with Gasteiger partial charge in [0.05, 0.1) is 17.8 Å². The summed E-state index contributed by atoms with van der Waals surface area (Å²) in [5, 5.41) is 11.6. The van der Waals surface area contributed by atoms with E-state index in [9.17, 15) is 5.11 Å². The van der Waals surface area contributed by atoms with Crippen LogP contribution >= 0.6 is 11.6 Å². The zero-order chi connectivity index (χ0) is 14.3. The van der Waals surface area contributed by atoms with E-state index < -0.39 is 5.60 Å². The normalized spacial score (nSPS) is 41.2. The molecule has 3 heteroatoms. The van der Waals surface area contributed by atoms with Crippen LogP contribution in [0.4, 0.5) is 0 Å². The van der Waals surface area contributed by atoms with Gasteiger partial charge in [-0.1, -0.05) is 37.1 Å². The first-order chi connectivity index (χ1) is 9.45. The molecule has 1 N–H and O–H groups in total. The molecule has 2 aliphatic rings. The van der Waals surface area contributed by atoms with Gasteiger partial charge in [-0.3, -0.25) is 0 Å². The summed E-state index contributed by atoms with van der Waals surface area (Å²) in [5.74, 6) is 0.971. The van der Waals surface area contributed by atoms with Crippen LogP contribution in [0.2, 0.25) is 5.02 Å². The molecule has 1 heterocycles. The zero-order valence-corrected chi connectivity index (χ0v) is 12.9. The predicted octanol–water partition coefficient (Wildman–Crippen LogP) is 4.36. The molecule has 1 saturated carbocycles. The standard InChI is InChI=1S/C17H23ClO2/c1-11-3-8-14-15(9-11)20-16(10-17(14,2)19)12-4-6-13(18)7-5-12/h4-7,11,14-16,19H,3,8-10H2,1-2H3/t11-,14-,15-,16-,17-/m1/s1. The van der Waals surface area contributed by atoms with Crippen molar-refractivity contribution in [2.24, 2.45) is 11.8 Å². The predicted molar refractivity (Wildman–Crippen MR) is 80.8 cm³/mol. The Labute approximate surface area is 126 Å². The fourth-order valence-corrected chi connectivity index (χ4v) is 3.98. The van der Waals surface area contributed by atoms with Crippen molar-refractivity contribution in [3.8, 4) is 0 Å². The Bertz CT molecular complexity index is 468. The molecule has 1 aliphatic heterocycles. The van der Waals surface area contributed by atoms with Crippen LogP contribution in [0, 0.1) is 11.8 Å². The lowest BCUT2D eigenvalue weighted by molar-refractivity contribution is -0.197. The van der Waals surface area contributed by atoms with Crippen LogP contribution in [-0.4, -0.2) is 16.8 Å². The maximum atomic E-state index is 10.8. The molecular weight excluding hydrogens is 272 g/mol. The van der Waals surface area contributed by atoms with E-state index in [1.165, 1.54) is 6.42 Å². The van der Waals surface area contributed by atoms with E-state index in [0.717, 1.165) is 23.4 Å². The number of hydrogen-bond donors (Lipinski definition) is 1. The van der Waals surface area contributed by atoms with Gasteiger partial charge >= 0.3 is 0 Å². The van der Waals surface area contributed by atoms with Gasteiger partial charge in [-0.25, -0.2) is 0 Å². The van der Waals surface area contributed by atoms with Crippen molar-refractivity contribution < 1.29 is 9.84 Å². The Balaban J connectivity index is 1.83. The van der Waals surface area contributed by atoms with E-state index in [2.05, 4.69) is 6.92 Å². The van der Waals surface area contributed by atoms with Gasteiger partial charge in [0.15, 0.2) is 0 Å². The third kappa shape index (κ3) is 2.74. The van der Waals surface area contributed by atoms with E-state index in [1.807, 2.05) is 31.2 Å². The Hall–Kier alpha value is -0.570. The maximum absolute atomic E-state index is 10.8. The van der Waals surface area contributed by atoms with Gasteiger partial charge in [0, 0.05) is 17.4 Å². The number of benzene rings is 1. The minimum atomic E-state index is -0.632. The molecule has 20 heavy (non-hydrogen) atoms. The second kappa shape index (κ2) is 5.32. The van der Waals surface area contributed by atoms with E-state index in [1.54, 1.807) is 0 Å². The van der Waals surface area contributed by atoms with Gasteiger partial charge in [0.2, 0.25) is 0 Å². The molecule has 1 saturated heterocycles. The van der Waals surface area contributed by atoms with Gasteiger partial charge in [-0.05, 0) is 43.4 Å². The number of hydrogen-bond acceptors (Lipinski definition) is 2. The van der Waals surface area contributed by atoms with Crippen LogP contribution < -0.4 is 0 Å². The molecule has 0 spiro atoms. The van der Waals surface area contributed by atoms with Gasteiger partial charge in [0.25, 0.3) is 0 Å². The Kier molecular flexibility index (Phi) is 3.83. The monoisotopic (exact) mass is 294 g/mol. The highest BCUT2D eigenvalue weighted by atomic mass is 35.5. The first-order valence-electron chi connectivity index (χ1n) is 7.59. The molecule has 1 aromatic rings. The van der Waals surface area contributed by atoms with Crippen molar-refractivity contribution in [2.75, 3.05) is 0 Å². The summed E-state index contributed by atoms with van der Waals surface area (Å²) in [6, 6.07) is 7.81. The zero-order valence-electron chi connectivity index (χ0n) is 12.2. The average Bonchev–Trinajstić information content (AvgIpc) is 2.38. The molecule has 0 amide bonds. The second-order valence-electron chi connectivity index (χ2n) is 6.80. The van der Waals surface area contributed by atoms with Crippen LogP contribution in [0.1, 0.15) is 51.2 Å². The first kappa shape index (κ1) is 14.4. The van der Waals surface area contributed by atoms with E-state index in [-0.39, 0.29) is 18.1 Å². The Morgan fingerprint density at radius 2 is 1.95 bits per heavy atom. The van der Waals surface area contributed by atoms with Crippen molar-refractivity contribution >= 4 is 11.6 Å². The summed E-state index contributed by atoms with van der Waals surface area (Å²) in [6.45, 7) is 4.26. The molecular formula is C17H23ClO2. The lowest BCUT2D eigenvalue weighted by Crippen LogP contribution is -2.51. The molecule has 0 bridgehead atoms. The summed E-state index contributed by atoms with van der Waals surface area (Å²) in [4.78, 5) is 0. The molecule has 110 valence electrons. The molecule has 1 aromatic carbocycles. The lowest BCUT2D eigenvalue weighted by atomic mass is 9.68. The van der Waals surface area contributed by atoms with Gasteiger partial charge in [0.1, 0.15) is 0 Å². The Morgan fingerprint density at radius 3 is 2.65 bits per heavy atom. The molecule has 0 aromatic heterocycles.